The maximum absolute atomic E-state index is 13.3. The topological polar surface area (TPSA) is 64.4 Å². The molecule has 0 saturated heterocycles. The molecule has 0 aromatic heterocycles. The van der Waals surface area contributed by atoms with Crippen LogP contribution in [0.5, 0.6) is 0 Å². The van der Waals surface area contributed by atoms with Crippen LogP contribution in [0, 0.1) is 15.9 Å². The molecule has 0 aliphatic heterocycles. The van der Waals surface area contributed by atoms with E-state index in [1.54, 1.807) is 7.11 Å². The smallest absolute Gasteiger partial charge is 0.274 e. The summed E-state index contributed by atoms with van der Waals surface area (Å²) in [6, 6.07) is 3.73. The Balaban J connectivity index is 2.08. The number of nitro groups is 1. The van der Waals surface area contributed by atoms with Crippen molar-refractivity contribution in [3.05, 3.63) is 34.1 Å². The highest BCUT2D eigenvalue weighted by molar-refractivity contribution is 5.52. The molecule has 1 aromatic rings. The zero-order chi connectivity index (χ0) is 13.8. The number of non-ortho nitro benzene ring substituents is 1. The Morgan fingerprint density at radius 3 is 2.89 bits per heavy atom. The first-order valence-corrected chi connectivity index (χ1v) is 6.33. The highest BCUT2D eigenvalue weighted by atomic mass is 19.1. The number of halogens is 1. The summed E-state index contributed by atoms with van der Waals surface area (Å²) in [5.41, 5.74) is 0.218. The fraction of sp³-hybridized carbons (Fsp3) is 0.538. The number of anilines is 1. The zero-order valence-corrected chi connectivity index (χ0v) is 10.8. The molecule has 2 unspecified atom stereocenters. The average Bonchev–Trinajstić information content (AvgIpc) is 2.38. The molecule has 1 aliphatic rings. The van der Waals surface area contributed by atoms with E-state index >= 15 is 0 Å². The van der Waals surface area contributed by atoms with Crippen molar-refractivity contribution in [2.75, 3.05) is 12.4 Å². The fourth-order valence-electron chi connectivity index (χ4n) is 2.49. The van der Waals surface area contributed by atoms with Crippen LogP contribution in [0.3, 0.4) is 0 Å². The molecule has 2 rings (SSSR count). The molecule has 2 atom stereocenters. The lowest BCUT2D eigenvalue weighted by molar-refractivity contribution is -0.385. The van der Waals surface area contributed by atoms with Crippen LogP contribution in [0.25, 0.3) is 0 Å². The van der Waals surface area contributed by atoms with Crippen LogP contribution < -0.4 is 5.32 Å². The van der Waals surface area contributed by atoms with Crippen molar-refractivity contribution >= 4 is 11.4 Å². The van der Waals surface area contributed by atoms with Crippen molar-refractivity contribution < 1.29 is 14.1 Å². The van der Waals surface area contributed by atoms with Gasteiger partial charge in [0.1, 0.15) is 5.82 Å². The monoisotopic (exact) mass is 268 g/mol. The third-order valence-electron chi connectivity index (χ3n) is 3.42. The van der Waals surface area contributed by atoms with E-state index in [0.29, 0.717) is 5.69 Å². The second-order valence-electron chi connectivity index (χ2n) is 4.82. The number of nitrogens with zero attached hydrogens (tertiary/aromatic N) is 1. The first kappa shape index (κ1) is 13.7. The summed E-state index contributed by atoms with van der Waals surface area (Å²) in [6.45, 7) is 0. The highest BCUT2D eigenvalue weighted by Gasteiger charge is 2.22. The Bertz CT molecular complexity index is 467. The van der Waals surface area contributed by atoms with Gasteiger partial charge in [0, 0.05) is 24.9 Å². The summed E-state index contributed by atoms with van der Waals surface area (Å²) >= 11 is 0. The second-order valence-corrected chi connectivity index (χ2v) is 4.82. The number of benzene rings is 1. The molecule has 0 amide bonds. The number of rotatable bonds is 4. The maximum atomic E-state index is 13.3. The molecule has 0 heterocycles. The minimum Gasteiger partial charge on any atom is -0.382 e. The molecular formula is C13H17FN2O3. The van der Waals surface area contributed by atoms with Gasteiger partial charge in [0.15, 0.2) is 0 Å². The Kier molecular flexibility index (Phi) is 4.31. The lowest BCUT2D eigenvalue weighted by Gasteiger charge is -2.29. The number of ether oxygens (including phenoxy) is 1. The quantitative estimate of drug-likeness (QED) is 0.673. The molecule has 19 heavy (non-hydrogen) atoms. The van der Waals surface area contributed by atoms with Gasteiger partial charge in [-0.1, -0.05) is 0 Å². The SMILES string of the molecule is COC1CCCC(Nc2cc(F)cc([N+](=O)[O-])c2)C1. The number of nitrogens with one attached hydrogen (secondary N) is 1. The van der Waals surface area contributed by atoms with E-state index in [2.05, 4.69) is 5.32 Å². The van der Waals surface area contributed by atoms with E-state index < -0.39 is 10.7 Å². The summed E-state index contributed by atoms with van der Waals surface area (Å²) in [5, 5.41) is 13.8. The standard InChI is InChI=1S/C13H17FN2O3/c1-19-13-4-2-3-10(8-13)15-11-5-9(14)6-12(7-11)16(17)18/h5-7,10,13,15H,2-4,8H2,1H3. The zero-order valence-electron chi connectivity index (χ0n) is 10.8. The van der Waals surface area contributed by atoms with E-state index in [0.717, 1.165) is 31.7 Å². The Labute approximate surface area is 110 Å². The summed E-state index contributed by atoms with van der Waals surface area (Å²) in [5.74, 6) is -0.601. The summed E-state index contributed by atoms with van der Waals surface area (Å²) in [4.78, 5) is 10.1. The van der Waals surface area contributed by atoms with E-state index in [-0.39, 0.29) is 17.8 Å². The van der Waals surface area contributed by atoms with Crippen molar-refractivity contribution in [2.45, 2.75) is 37.8 Å². The van der Waals surface area contributed by atoms with Crippen molar-refractivity contribution in [1.29, 1.82) is 0 Å². The molecule has 0 spiro atoms. The van der Waals surface area contributed by atoms with Crippen LogP contribution in [0.1, 0.15) is 25.7 Å². The van der Waals surface area contributed by atoms with Gasteiger partial charge >= 0.3 is 0 Å². The van der Waals surface area contributed by atoms with E-state index in [9.17, 15) is 14.5 Å². The maximum Gasteiger partial charge on any atom is 0.274 e. The fourth-order valence-corrected chi connectivity index (χ4v) is 2.49. The molecule has 5 nitrogen and oxygen atoms in total. The van der Waals surface area contributed by atoms with E-state index in [1.165, 1.54) is 12.1 Å². The minimum absolute atomic E-state index is 0.167. The predicted octanol–water partition coefficient (Wildman–Crippen LogP) is 3.10. The van der Waals surface area contributed by atoms with Gasteiger partial charge in [-0.3, -0.25) is 10.1 Å². The van der Waals surface area contributed by atoms with E-state index in [1.807, 2.05) is 0 Å². The Morgan fingerprint density at radius 2 is 2.21 bits per heavy atom. The van der Waals surface area contributed by atoms with Gasteiger partial charge in [-0.25, -0.2) is 4.39 Å². The molecule has 1 fully saturated rings. The molecule has 1 aliphatic carbocycles. The van der Waals surface area contributed by atoms with Crippen molar-refractivity contribution in [1.82, 2.24) is 0 Å². The lowest BCUT2D eigenvalue weighted by Crippen LogP contribution is -2.31. The van der Waals surface area contributed by atoms with Gasteiger partial charge in [-0.2, -0.15) is 0 Å². The number of hydrogen-bond acceptors (Lipinski definition) is 4. The minimum atomic E-state index is -0.601. The largest absolute Gasteiger partial charge is 0.382 e. The van der Waals surface area contributed by atoms with Gasteiger partial charge in [-0.15, -0.1) is 0 Å². The summed E-state index contributed by atoms with van der Waals surface area (Å²) in [7, 11) is 1.68. The summed E-state index contributed by atoms with van der Waals surface area (Å²) < 4.78 is 18.6. The third-order valence-corrected chi connectivity index (χ3v) is 3.42. The first-order valence-electron chi connectivity index (χ1n) is 6.33. The van der Waals surface area contributed by atoms with Crippen LogP contribution in [0.15, 0.2) is 18.2 Å². The molecular weight excluding hydrogens is 251 g/mol. The predicted molar refractivity (Wildman–Crippen MR) is 69.7 cm³/mol. The van der Waals surface area contributed by atoms with Crippen LogP contribution >= 0.6 is 0 Å². The van der Waals surface area contributed by atoms with Crippen LogP contribution in [0.2, 0.25) is 0 Å². The van der Waals surface area contributed by atoms with Crippen LogP contribution in [0.4, 0.5) is 15.8 Å². The van der Waals surface area contributed by atoms with Crippen molar-refractivity contribution in [2.24, 2.45) is 0 Å². The van der Waals surface area contributed by atoms with Crippen molar-refractivity contribution in [3.8, 4) is 0 Å². The molecule has 1 N–H and O–H groups in total. The second kappa shape index (κ2) is 5.97. The lowest BCUT2D eigenvalue weighted by atomic mass is 9.92. The summed E-state index contributed by atoms with van der Waals surface area (Å²) in [6.07, 6.45) is 4.06. The van der Waals surface area contributed by atoms with Gasteiger partial charge in [-0.05, 0) is 31.7 Å². The number of methoxy groups -OCH3 is 1. The third kappa shape index (κ3) is 3.64. The highest BCUT2D eigenvalue weighted by Crippen LogP contribution is 2.26. The number of hydrogen-bond donors (Lipinski definition) is 1. The average molecular weight is 268 g/mol. The molecule has 1 saturated carbocycles. The van der Waals surface area contributed by atoms with Crippen LogP contribution in [-0.2, 0) is 4.74 Å². The van der Waals surface area contributed by atoms with Crippen LogP contribution in [-0.4, -0.2) is 24.2 Å². The molecule has 6 heteroatoms. The Morgan fingerprint density at radius 1 is 1.42 bits per heavy atom. The van der Waals surface area contributed by atoms with Gasteiger partial charge in [0.05, 0.1) is 17.1 Å². The number of nitro benzene ring substituents is 1. The molecule has 0 radical (unpaired) electrons. The molecule has 104 valence electrons. The van der Waals surface area contributed by atoms with E-state index in [4.69, 9.17) is 4.74 Å². The molecule has 0 bridgehead atoms. The Hall–Kier alpha value is -1.69. The molecule has 1 aromatic carbocycles. The van der Waals surface area contributed by atoms with Gasteiger partial charge < -0.3 is 10.1 Å². The van der Waals surface area contributed by atoms with Crippen molar-refractivity contribution in [3.63, 3.8) is 0 Å². The first-order chi connectivity index (χ1) is 9.08. The van der Waals surface area contributed by atoms with Gasteiger partial charge in [0.2, 0.25) is 0 Å². The van der Waals surface area contributed by atoms with Gasteiger partial charge in [0.25, 0.3) is 5.69 Å². The normalized spacial score (nSPS) is 23.1.